The van der Waals surface area contributed by atoms with Crippen molar-refractivity contribution in [1.82, 2.24) is 0 Å². The SMILES string of the molecule is N[C@H](c1ccc2c(c1)Cc1ccccc1-2)[C@@H](O)C1CCCCC1. The minimum absolute atomic E-state index is 0.271. The summed E-state index contributed by atoms with van der Waals surface area (Å²) in [4.78, 5) is 0. The number of nitrogens with two attached hydrogens (primary N) is 1. The lowest BCUT2D eigenvalue weighted by Gasteiger charge is -2.30. The lowest BCUT2D eigenvalue weighted by Crippen LogP contribution is -2.34. The summed E-state index contributed by atoms with van der Waals surface area (Å²) in [5.41, 5.74) is 12.9. The van der Waals surface area contributed by atoms with E-state index in [0.29, 0.717) is 5.92 Å². The summed E-state index contributed by atoms with van der Waals surface area (Å²) in [6, 6.07) is 14.8. The van der Waals surface area contributed by atoms with Gasteiger partial charge >= 0.3 is 0 Å². The summed E-state index contributed by atoms with van der Waals surface area (Å²) in [6.45, 7) is 0. The Balaban J connectivity index is 1.58. The number of aliphatic hydroxyl groups is 1. The van der Waals surface area contributed by atoms with E-state index < -0.39 is 6.10 Å². The van der Waals surface area contributed by atoms with E-state index >= 15 is 0 Å². The average molecular weight is 307 g/mol. The normalized spacial score (nSPS) is 19.9. The molecule has 23 heavy (non-hydrogen) atoms. The first kappa shape index (κ1) is 14.9. The Labute approximate surface area is 138 Å². The number of hydrogen-bond acceptors (Lipinski definition) is 2. The number of fused-ring (bicyclic) bond motifs is 3. The molecule has 1 fully saturated rings. The number of rotatable bonds is 3. The molecule has 0 heterocycles. The molecular formula is C21H25NO. The zero-order chi connectivity index (χ0) is 15.8. The van der Waals surface area contributed by atoms with Crippen molar-refractivity contribution in [3.05, 3.63) is 59.2 Å². The van der Waals surface area contributed by atoms with E-state index in [4.69, 9.17) is 5.73 Å². The molecular weight excluding hydrogens is 282 g/mol. The molecule has 0 aliphatic heterocycles. The molecule has 0 bridgehead atoms. The zero-order valence-electron chi connectivity index (χ0n) is 13.5. The standard InChI is InChI=1S/C21H25NO/c22-20(21(23)14-6-2-1-3-7-14)16-10-11-19-17(13-16)12-15-8-4-5-9-18(15)19/h4-5,8-11,13-14,20-21,23H,1-3,6-7,12,22H2/t20-,21+/m1/s1. The van der Waals surface area contributed by atoms with Crippen molar-refractivity contribution in [3.63, 3.8) is 0 Å². The zero-order valence-corrected chi connectivity index (χ0v) is 13.5. The fourth-order valence-electron chi connectivity index (χ4n) is 4.34. The average Bonchev–Trinajstić information content (AvgIpc) is 2.99. The Hall–Kier alpha value is -1.64. The quantitative estimate of drug-likeness (QED) is 0.762. The molecule has 120 valence electrons. The molecule has 1 saturated carbocycles. The first-order chi connectivity index (χ1) is 11.2. The van der Waals surface area contributed by atoms with Crippen molar-refractivity contribution >= 4 is 0 Å². The Morgan fingerprint density at radius 1 is 0.913 bits per heavy atom. The molecule has 2 aliphatic carbocycles. The van der Waals surface area contributed by atoms with Crippen LogP contribution in [0.15, 0.2) is 42.5 Å². The van der Waals surface area contributed by atoms with Gasteiger partial charge in [-0.15, -0.1) is 0 Å². The third-order valence-corrected chi connectivity index (χ3v) is 5.70. The molecule has 4 rings (SSSR count). The lowest BCUT2D eigenvalue weighted by atomic mass is 9.81. The van der Waals surface area contributed by atoms with Gasteiger partial charge in [0, 0.05) is 0 Å². The molecule has 2 nitrogen and oxygen atoms in total. The fourth-order valence-corrected chi connectivity index (χ4v) is 4.34. The molecule has 0 aromatic heterocycles. The van der Waals surface area contributed by atoms with Gasteiger partial charge in [0.15, 0.2) is 0 Å². The van der Waals surface area contributed by atoms with Crippen LogP contribution in [0.1, 0.15) is 54.8 Å². The molecule has 2 heteroatoms. The van der Waals surface area contributed by atoms with E-state index in [9.17, 15) is 5.11 Å². The van der Waals surface area contributed by atoms with Gasteiger partial charge in [-0.05, 0) is 53.0 Å². The predicted molar refractivity (Wildman–Crippen MR) is 94.2 cm³/mol. The van der Waals surface area contributed by atoms with Crippen molar-refractivity contribution in [2.75, 3.05) is 0 Å². The summed E-state index contributed by atoms with van der Waals surface area (Å²) in [5.74, 6) is 0.365. The van der Waals surface area contributed by atoms with Gasteiger partial charge < -0.3 is 10.8 Å². The third kappa shape index (κ3) is 2.71. The number of hydrogen-bond donors (Lipinski definition) is 2. The highest BCUT2D eigenvalue weighted by Gasteiger charge is 2.28. The fraction of sp³-hybridized carbons (Fsp3) is 0.429. The molecule has 0 unspecified atom stereocenters. The monoisotopic (exact) mass is 307 g/mol. The topological polar surface area (TPSA) is 46.2 Å². The molecule has 0 amide bonds. The van der Waals surface area contributed by atoms with Crippen LogP contribution in [-0.2, 0) is 6.42 Å². The molecule has 2 aromatic rings. The van der Waals surface area contributed by atoms with Crippen LogP contribution in [0.4, 0.5) is 0 Å². The van der Waals surface area contributed by atoms with Crippen molar-refractivity contribution in [1.29, 1.82) is 0 Å². The lowest BCUT2D eigenvalue weighted by molar-refractivity contribution is 0.0618. The third-order valence-electron chi connectivity index (χ3n) is 5.70. The van der Waals surface area contributed by atoms with Gasteiger partial charge in [0.05, 0.1) is 12.1 Å². The van der Waals surface area contributed by atoms with Crippen LogP contribution < -0.4 is 5.73 Å². The molecule has 2 aromatic carbocycles. The van der Waals surface area contributed by atoms with Gasteiger partial charge in [-0.3, -0.25) is 0 Å². The molecule has 0 saturated heterocycles. The minimum atomic E-state index is -0.419. The Morgan fingerprint density at radius 2 is 1.65 bits per heavy atom. The van der Waals surface area contributed by atoms with Gasteiger partial charge in [0.1, 0.15) is 0 Å². The molecule has 3 N–H and O–H groups in total. The van der Waals surface area contributed by atoms with Crippen molar-refractivity contribution in [3.8, 4) is 11.1 Å². The summed E-state index contributed by atoms with van der Waals surface area (Å²) in [6.07, 6.45) is 6.55. The largest absolute Gasteiger partial charge is 0.391 e. The maximum Gasteiger partial charge on any atom is 0.0760 e. The van der Waals surface area contributed by atoms with Crippen molar-refractivity contribution in [2.45, 2.75) is 50.7 Å². The second-order valence-corrected chi connectivity index (χ2v) is 7.16. The number of aliphatic hydroxyl groups excluding tert-OH is 1. The van der Waals surface area contributed by atoms with E-state index in [1.807, 2.05) is 0 Å². The highest BCUT2D eigenvalue weighted by atomic mass is 16.3. The summed E-state index contributed by atoms with van der Waals surface area (Å²) < 4.78 is 0. The minimum Gasteiger partial charge on any atom is -0.391 e. The highest BCUT2D eigenvalue weighted by molar-refractivity contribution is 5.77. The molecule has 0 radical (unpaired) electrons. The maximum absolute atomic E-state index is 10.7. The Kier molecular flexibility index (Phi) is 3.96. The molecule has 2 aliphatic rings. The predicted octanol–water partition coefficient (Wildman–Crippen LogP) is 4.20. The van der Waals surface area contributed by atoms with Crippen LogP contribution in [0.5, 0.6) is 0 Å². The van der Waals surface area contributed by atoms with Crippen LogP contribution in [0, 0.1) is 5.92 Å². The Morgan fingerprint density at radius 3 is 2.48 bits per heavy atom. The summed E-state index contributed by atoms with van der Waals surface area (Å²) >= 11 is 0. The second kappa shape index (κ2) is 6.10. The van der Waals surface area contributed by atoms with Gasteiger partial charge in [-0.1, -0.05) is 61.7 Å². The second-order valence-electron chi connectivity index (χ2n) is 7.16. The van der Waals surface area contributed by atoms with E-state index in [1.165, 1.54) is 41.5 Å². The van der Waals surface area contributed by atoms with E-state index in [1.54, 1.807) is 0 Å². The van der Waals surface area contributed by atoms with Crippen LogP contribution in [0.25, 0.3) is 11.1 Å². The molecule has 2 atom stereocenters. The van der Waals surface area contributed by atoms with Gasteiger partial charge in [0.2, 0.25) is 0 Å². The van der Waals surface area contributed by atoms with Crippen molar-refractivity contribution < 1.29 is 5.11 Å². The first-order valence-corrected chi connectivity index (χ1v) is 8.89. The summed E-state index contributed by atoms with van der Waals surface area (Å²) in [5, 5.41) is 10.7. The van der Waals surface area contributed by atoms with Crippen LogP contribution >= 0.6 is 0 Å². The summed E-state index contributed by atoms with van der Waals surface area (Å²) in [7, 11) is 0. The smallest absolute Gasteiger partial charge is 0.0760 e. The Bertz CT molecular complexity index is 703. The van der Waals surface area contributed by atoms with Crippen LogP contribution in [0.2, 0.25) is 0 Å². The van der Waals surface area contributed by atoms with Gasteiger partial charge in [-0.25, -0.2) is 0 Å². The van der Waals surface area contributed by atoms with Crippen LogP contribution in [-0.4, -0.2) is 11.2 Å². The number of benzene rings is 2. The van der Waals surface area contributed by atoms with Gasteiger partial charge in [-0.2, -0.15) is 0 Å². The van der Waals surface area contributed by atoms with Crippen molar-refractivity contribution in [2.24, 2.45) is 11.7 Å². The molecule has 0 spiro atoms. The van der Waals surface area contributed by atoms with E-state index in [0.717, 1.165) is 24.8 Å². The van der Waals surface area contributed by atoms with Crippen LogP contribution in [0.3, 0.4) is 0 Å². The van der Waals surface area contributed by atoms with E-state index in [2.05, 4.69) is 42.5 Å². The van der Waals surface area contributed by atoms with E-state index in [-0.39, 0.29) is 6.04 Å². The highest BCUT2D eigenvalue weighted by Crippen LogP contribution is 2.38. The van der Waals surface area contributed by atoms with Gasteiger partial charge in [0.25, 0.3) is 0 Å². The maximum atomic E-state index is 10.7. The first-order valence-electron chi connectivity index (χ1n) is 8.89.